The van der Waals surface area contributed by atoms with E-state index < -0.39 is 0 Å². The Labute approximate surface area is 81.1 Å². The maximum atomic E-state index is 5.76. The summed E-state index contributed by atoms with van der Waals surface area (Å²) in [4.78, 5) is 0. The monoisotopic (exact) mass is 228 g/mol. The van der Waals surface area contributed by atoms with Crippen LogP contribution in [0.1, 0.15) is 12.5 Å². The van der Waals surface area contributed by atoms with Gasteiger partial charge in [-0.1, -0.05) is 15.9 Å². The smallest absolute Gasteiger partial charge is 0.0347 e. The van der Waals surface area contributed by atoms with E-state index in [0.29, 0.717) is 0 Å². The van der Waals surface area contributed by atoms with Crippen LogP contribution in [-0.4, -0.2) is 6.04 Å². The van der Waals surface area contributed by atoms with Gasteiger partial charge in [-0.05, 0) is 37.1 Å². The molecule has 0 heterocycles. The fraction of sp³-hybridized carbons (Fsp3) is 0.333. The number of hydrogen-bond acceptors (Lipinski definition) is 2. The van der Waals surface area contributed by atoms with Gasteiger partial charge in [0.05, 0.1) is 0 Å². The molecule has 0 saturated heterocycles. The zero-order valence-electron chi connectivity index (χ0n) is 7.05. The summed E-state index contributed by atoms with van der Waals surface area (Å²) in [6.45, 7) is 1.97. The molecule has 0 radical (unpaired) electrons. The van der Waals surface area contributed by atoms with Gasteiger partial charge in [0.2, 0.25) is 0 Å². The van der Waals surface area contributed by atoms with E-state index in [-0.39, 0.29) is 6.04 Å². The van der Waals surface area contributed by atoms with Gasteiger partial charge in [-0.25, -0.2) is 0 Å². The van der Waals surface area contributed by atoms with Crippen molar-refractivity contribution in [2.45, 2.75) is 19.4 Å². The number of halogens is 1. The molecule has 1 rings (SSSR count). The summed E-state index contributed by atoms with van der Waals surface area (Å²) in [5.74, 6) is 0. The molecule has 1 aromatic rings. The minimum atomic E-state index is 0.154. The molecule has 0 aliphatic rings. The molecule has 1 aromatic carbocycles. The molecule has 0 spiro atoms. The van der Waals surface area contributed by atoms with Crippen LogP contribution in [0.5, 0.6) is 0 Å². The summed E-state index contributed by atoms with van der Waals surface area (Å²) in [6.07, 6.45) is 0.825. The molecule has 1 unspecified atom stereocenters. The largest absolute Gasteiger partial charge is 0.399 e. The predicted octanol–water partition coefficient (Wildman–Crippen LogP) is 1.92. The second kappa shape index (κ2) is 3.92. The average Bonchev–Trinajstić information content (AvgIpc) is 1.96. The molecular weight excluding hydrogens is 216 g/mol. The lowest BCUT2D eigenvalue weighted by molar-refractivity contribution is 0.739. The number of nitrogens with two attached hydrogens (primary N) is 2. The van der Waals surface area contributed by atoms with E-state index in [2.05, 4.69) is 15.9 Å². The van der Waals surface area contributed by atoms with E-state index in [1.165, 1.54) is 0 Å². The summed E-state index contributed by atoms with van der Waals surface area (Å²) in [6, 6.07) is 5.99. The molecule has 0 aliphatic heterocycles. The first-order valence-electron chi connectivity index (χ1n) is 3.89. The fourth-order valence-corrected chi connectivity index (χ4v) is 1.51. The molecule has 3 heteroatoms. The first-order chi connectivity index (χ1) is 5.59. The van der Waals surface area contributed by atoms with E-state index >= 15 is 0 Å². The molecule has 0 aromatic heterocycles. The van der Waals surface area contributed by atoms with Gasteiger partial charge >= 0.3 is 0 Å². The van der Waals surface area contributed by atoms with E-state index in [0.717, 1.165) is 22.1 Å². The van der Waals surface area contributed by atoms with E-state index in [9.17, 15) is 0 Å². The minimum Gasteiger partial charge on any atom is -0.399 e. The standard InChI is InChI=1S/C9H13BrN2/c1-6(11)4-7-5-8(10)2-3-9(7)12/h2-3,5-6H,4,11-12H2,1H3. The van der Waals surface area contributed by atoms with Crippen LogP contribution in [-0.2, 0) is 6.42 Å². The third kappa shape index (κ3) is 2.50. The van der Waals surface area contributed by atoms with Crippen LogP contribution >= 0.6 is 15.9 Å². The van der Waals surface area contributed by atoms with Gasteiger partial charge in [-0.15, -0.1) is 0 Å². The zero-order valence-corrected chi connectivity index (χ0v) is 8.64. The second-order valence-corrected chi connectivity index (χ2v) is 3.94. The van der Waals surface area contributed by atoms with Crippen LogP contribution in [0.25, 0.3) is 0 Å². The van der Waals surface area contributed by atoms with Crippen molar-refractivity contribution in [2.24, 2.45) is 5.73 Å². The molecule has 12 heavy (non-hydrogen) atoms. The van der Waals surface area contributed by atoms with Gasteiger partial charge in [0, 0.05) is 16.2 Å². The zero-order chi connectivity index (χ0) is 9.14. The highest BCUT2D eigenvalue weighted by Crippen LogP contribution is 2.19. The quantitative estimate of drug-likeness (QED) is 0.761. The highest BCUT2D eigenvalue weighted by atomic mass is 79.9. The normalized spacial score (nSPS) is 12.9. The summed E-state index contributed by atoms with van der Waals surface area (Å²) in [7, 11) is 0. The number of nitrogen functional groups attached to an aromatic ring is 1. The maximum Gasteiger partial charge on any atom is 0.0347 e. The Hall–Kier alpha value is -0.540. The Morgan fingerprint density at radius 2 is 2.17 bits per heavy atom. The third-order valence-electron chi connectivity index (χ3n) is 1.65. The SMILES string of the molecule is CC(N)Cc1cc(Br)ccc1N. The number of rotatable bonds is 2. The van der Waals surface area contributed by atoms with Crippen LogP contribution in [0.4, 0.5) is 5.69 Å². The molecule has 0 fully saturated rings. The number of anilines is 1. The summed E-state index contributed by atoms with van der Waals surface area (Å²) in [5, 5.41) is 0. The van der Waals surface area contributed by atoms with Gasteiger partial charge in [0.1, 0.15) is 0 Å². The number of benzene rings is 1. The van der Waals surface area contributed by atoms with Gasteiger partial charge in [-0.2, -0.15) is 0 Å². The van der Waals surface area contributed by atoms with Crippen molar-refractivity contribution in [1.29, 1.82) is 0 Å². The topological polar surface area (TPSA) is 52.0 Å². The Kier molecular flexibility index (Phi) is 3.12. The van der Waals surface area contributed by atoms with Crippen molar-refractivity contribution >= 4 is 21.6 Å². The lowest BCUT2D eigenvalue weighted by Crippen LogP contribution is -2.18. The lowest BCUT2D eigenvalue weighted by atomic mass is 10.1. The maximum absolute atomic E-state index is 5.76. The average molecular weight is 229 g/mol. The molecule has 66 valence electrons. The summed E-state index contributed by atoms with van der Waals surface area (Å²) in [5.41, 5.74) is 13.4. The van der Waals surface area contributed by atoms with Crippen molar-refractivity contribution < 1.29 is 0 Å². The highest BCUT2D eigenvalue weighted by Gasteiger charge is 2.02. The Morgan fingerprint density at radius 3 is 2.75 bits per heavy atom. The predicted molar refractivity (Wildman–Crippen MR) is 55.9 cm³/mol. The van der Waals surface area contributed by atoms with Crippen LogP contribution in [0, 0.1) is 0 Å². The molecular formula is C9H13BrN2. The Balaban J connectivity index is 2.90. The lowest BCUT2D eigenvalue weighted by Gasteiger charge is -2.08. The van der Waals surface area contributed by atoms with E-state index in [1.807, 2.05) is 25.1 Å². The van der Waals surface area contributed by atoms with Crippen molar-refractivity contribution in [2.75, 3.05) is 5.73 Å². The van der Waals surface area contributed by atoms with Gasteiger partial charge in [0.15, 0.2) is 0 Å². The molecule has 1 atom stereocenters. The first-order valence-corrected chi connectivity index (χ1v) is 4.68. The van der Waals surface area contributed by atoms with Crippen LogP contribution in [0.2, 0.25) is 0 Å². The van der Waals surface area contributed by atoms with Crippen molar-refractivity contribution in [3.63, 3.8) is 0 Å². The molecule has 0 aliphatic carbocycles. The van der Waals surface area contributed by atoms with Gasteiger partial charge < -0.3 is 11.5 Å². The first kappa shape index (κ1) is 9.55. The third-order valence-corrected chi connectivity index (χ3v) is 2.14. The summed E-state index contributed by atoms with van der Waals surface area (Å²) >= 11 is 3.39. The van der Waals surface area contributed by atoms with E-state index in [1.54, 1.807) is 0 Å². The van der Waals surface area contributed by atoms with Crippen LogP contribution < -0.4 is 11.5 Å². The summed E-state index contributed by atoms with van der Waals surface area (Å²) < 4.78 is 1.05. The van der Waals surface area contributed by atoms with Crippen LogP contribution in [0.15, 0.2) is 22.7 Å². The molecule has 2 nitrogen and oxygen atoms in total. The Bertz CT molecular complexity index is 271. The molecule has 0 bridgehead atoms. The van der Waals surface area contributed by atoms with Crippen molar-refractivity contribution in [1.82, 2.24) is 0 Å². The molecule has 4 N–H and O–H groups in total. The van der Waals surface area contributed by atoms with Crippen LogP contribution in [0.3, 0.4) is 0 Å². The Morgan fingerprint density at radius 1 is 1.50 bits per heavy atom. The van der Waals surface area contributed by atoms with Gasteiger partial charge in [0.25, 0.3) is 0 Å². The van der Waals surface area contributed by atoms with Crippen molar-refractivity contribution in [3.05, 3.63) is 28.2 Å². The van der Waals surface area contributed by atoms with Crippen molar-refractivity contribution in [3.8, 4) is 0 Å². The fourth-order valence-electron chi connectivity index (χ4n) is 1.10. The molecule has 0 saturated carbocycles. The minimum absolute atomic E-state index is 0.154. The van der Waals surface area contributed by atoms with Gasteiger partial charge in [-0.3, -0.25) is 0 Å². The highest BCUT2D eigenvalue weighted by molar-refractivity contribution is 9.10. The number of hydrogen-bond donors (Lipinski definition) is 2. The van der Waals surface area contributed by atoms with E-state index in [4.69, 9.17) is 11.5 Å². The second-order valence-electron chi connectivity index (χ2n) is 3.02. The molecule has 0 amide bonds.